The third-order valence-electron chi connectivity index (χ3n) is 2.69. The largest absolute Gasteiger partial charge is 0.372 e. The maximum atomic E-state index is 11.8. The molecule has 1 fully saturated rings. The van der Waals surface area contributed by atoms with Crippen LogP contribution in [0.25, 0.3) is 0 Å². The molecule has 102 valence electrons. The molecule has 1 aliphatic carbocycles. The quantitative estimate of drug-likeness (QED) is 0.745. The zero-order valence-electron chi connectivity index (χ0n) is 10.5. The second kappa shape index (κ2) is 5.88. The van der Waals surface area contributed by atoms with Gasteiger partial charge in [-0.15, -0.1) is 0 Å². The SMILES string of the molecule is CNc1ncc(C(=O)NCC(=O)NC2CC2)cc1Cl. The first kappa shape index (κ1) is 13.6. The van der Waals surface area contributed by atoms with E-state index in [1.807, 2.05) is 0 Å². The molecule has 0 unspecified atom stereocenters. The van der Waals surface area contributed by atoms with E-state index in [2.05, 4.69) is 20.9 Å². The van der Waals surface area contributed by atoms with E-state index in [-0.39, 0.29) is 24.4 Å². The summed E-state index contributed by atoms with van der Waals surface area (Å²) in [6.07, 6.45) is 3.45. The second-order valence-corrected chi connectivity index (χ2v) is 4.74. The number of nitrogens with one attached hydrogen (secondary N) is 3. The predicted molar refractivity (Wildman–Crippen MR) is 72.3 cm³/mol. The Hall–Kier alpha value is -1.82. The van der Waals surface area contributed by atoms with Crippen LogP contribution in [-0.2, 0) is 4.79 Å². The van der Waals surface area contributed by atoms with Gasteiger partial charge in [0.2, 0.25) is 5.91 Å². The molecule has 1 heterocycles. The van der Waals surface area contributed by atoms with Crippen LogP contribution in [0.4, 0.5) is 5.82 Å². The van der Waals surface area contributed by atoms with Crippen LogP contribution in [0.1, 0.15) is 23.2 Å². The number of carbonyl (C=O) groups is 2. The van der Waals surface area contributed by atoms with Crippen molar-refractivity contribution in [2.24, 2.45) is 0 Å². The molecule has 0 bridgehead atoms. The summed E-state index contributed by atoms with van der Waals surface area (Å²) >= 11 is 5.93. The van der Waals surface area contributed by atoms with Gasteiger partial charge in [-0.2, -0.15) is 0 Å². The van der Waals surface area contributed by atoms with E-state index < -0.39 is 0 Å². The molecule has 3 N–H and O–H groups in total. The van der Waals surface area contributed by atoms with Gasteiger partial charge >= 0.3 is 0 Å². The first-order valence-corrected chi connectivity index (χ1v) is 6.39. The number of halogens is 1. The zero-order valence-corrected chi connectivity index (χ0v) is 11.3. The minimum absolute atomic E-state index is 0.0409. The maximum absolute atomic E-state index is 11.8. The summed E-state index contributed by atoms with van der Waals surface area (Å²) in [7, 11) is 1.69. The molecule has 19 heavy (non-hydrogen) atoms. The van der Waals surface area contributed by atoms with E-state index in [0.29, 0.717) is 16.4 Å². The molecule has 6 nitrogen and oxygen atoms in total. The monoisotopic (exact) mass is 282 g/mol. The van der Waals surface area contributed by atoms with Crippen LogP contribution in [0.15, 0.2) is 12.3 Å². The van der Waals surface area contributed by atoms with Gasteiger partial charge in [-0.25, -0.2) is 4.98 Å². The van der Waals surface area contributed by atoms with Crippen molar-refractivity contribution in [2.45, 2.75) is 18.9 Å². The van der Waals surface area contributed by atoms with Crippen LogP contribution in [0.3, 0.4) is 0 Å². The summed E-state index contributed by atoms with van der Waals surface area (Å²) in [6, 6.07) is 1.80. The van der Waals surface area contributed by atoms with E-state index in [1.165, 1.54) is 12.3 Å². The van der Waals surface area contributed by atoms with Gasteiger partial charge in [0, 0.05) is 19.3 Å². The molecule has 0 saturated heterocycles. The lowest BCUT2D eigenvalue weighted by Crippen LogP contribution is -2.37. The maximum Gasteiger partial charge on any atom is 0.253 e. The van der Waals surface area contributed by atoms with Crippen LogP contribution < -0.4 is 16.0 Å². The number of hydrogen-bond acceptors (Lipinski definition) is 4. The minimum atomic E-state index is -0.372. The van der Waals surface area contributed by atoms with Crippen molar-refractivity contribution in [2.75, 3.05) is 18.9 Å². The van der Waals surface area contributed by atoms with Crippen molar-refractivity contribution in [1.82, 2.24) is 15.6 Å². The highest BCUT2D eigenvalue weighted by Crippen LogP contribution is 2.19. The van der Waals surface area contributed by atoms with Gasteiger partial charge in [0.25, 0.3) is 5.91 Å². The Morgan fingerprint density at radius 1 is 1.47 bits per heavy atom. The number of rotatable bonds is 5. The Bertz CT molecular complexity index is 503. The van der Waals surface area contributed by atoms with Crippen molar-refractivity contribution >= 4 is 29.2 Å². The van der Waals surface area contributed by atoms with Crippen LogP contribution in [-0.4, -0.2) is 36.4 Å². The molecule has 0 atom stereocenters. The Balaban J connectivity index is 1.88. The van der Waals surface area contributed by atoms with Crippen LogP contribution >= 0.6 is 11.6 Å². The van der Waals surface area contributed by atoms with Crippen molar-refractivity contribution in [3.8, 4) is 0 Å². The summed E-state index contributed by atoms with van der Waals surface area (Å²) in [5.41, 5.74) is 0.322. The third kappa shape index (κ3) is 3.82. The minimum Gasteiger partial charge on any atom is -0.372 e. The summed E-state index contributed by atoms with van der Waals surface area (Å²) in [5.74, 6) is -0.0468. The van der Waals surface area contributed by atoms with Gasteiger partial charge in [-0.05, 0) is 18.9 Å². The summed E-state index contributed by atoms with van der Waals surface area (Å²) in [4.78, 5) is 27.2. The number of aromatic nitrogens is 1. The molecule has 2 amide bonds. The molecule has 7 heteroatoms. The molecule has 1 aromatic rings. The van der Waals surface area contributed by atoms with Gasteiger partial charge in [-0.1, -0.05) is 11.6 Å². The number of pyridine rings is 1. The molecule has 0 aromatic carbocycles. The standard InChI is InChI=1S/C12H15ClN4O2/c1-14-11-9(13)4-7(5-15-11)12(19)16-6-10(18)17-8-2-3-8/h4-5,8H,2-3,6H2,1H3,(H,14,15)(H,16,19)(H,17,18). The molecule has 0 radical (unpaired) electrons. The van der Waals surface area contributed by atoms with E-state index in [9.17, 15) is 9.59 Å². The average molecular weight is 283 g/mol. The summed E-state index contributed by atoms with van der Waals surface area (Å²) in [5, 5.41) is 8.47. The molecular weight excluding hydrogens is 268 g/mol. The molecular formula is C12H15ClN4O2. The van der Waals surface area contributed by atoms with E-state index in [1.54, 1.807) is 7.05 Å². The van der Waals surface area contributed by atoms with Crippen molar-refractivity contribution in [1.29, 1.82) is 0 Å². The molecule has 2 rings (SSSR count). The van der Waals surface area contributed by atoms with Gasteiger partial charge in [-0.3, -0.25) is 9.59 Å². The third-order valence-corrected chi connectivity index (χ3v) is 2.98. The first-order valence-electron chi connectivity index (χ1n) is 6.01. The smallest absolute Gasteiger partial charge is 0.253 e. The van der Waals surface area contributed by atoms with Gasteiger partial charge in [0.15, 0.2) is 0 Å². The lowest BCUT2D eigenvalue weighted by molar-refractivity contribution is -0.120. The molecule has 1 aliphatic rings. The topological polar surface area (TPSA) is 83.1 Å². The number of nitrogens with zero attached hydrogens (tertiary/aromatic N) is 1. The van der Waals surface area contributed by atoms with Crippen molar-refractivity contribution in [3.05, 3.63) is 22.8 Å². The number of anilines is 1. The fraction of sp³-hybridized carbons (Fsp3) is 0.417. The zero-order chi connectivity index (χ0) is 13.8. The molecule has 0 spiro atoms. The van der Waals surface area contributed by atoms with Crippen molar-refractivity contribution < 1.29 is 9.59 Å². The first-order chi connectivity index (χ1) is 9.10. The van der Waals surface area contributed by atoms with Crippen LogP contribution in [0.2, 0.25) is 5.02 Å². The molecule has 1 aromatic heterocycles. The number of carbonyl (C=O) groups excluding carboxylic acids is 2. The summed E-state index contributed by atoms with van der Waals surface area (Å²) in [6.45, 7) is -0.0409. The highest BCUT2D eigenvalue weighted by Gasteiger charge is 2.23. The average Bonchev–Trinajstić information content (AvgIpc) is 3.19. The normalized spacial score (nSPS) is 13.8. The summed E-state index contributed by atoms with van der Waals surface area (Å²) < 4.78 is 0. The fourth-order valence-electron chi connectivity index (χ4n) is 1.52. The Kier molecular flexibility index (Phi) is 4.21. The Labute approximate surface area is 115 Å². The van der Waals surface area contributed by atoms with Crippen molar-refractivity contribution in [3.63, 3.8) is 0 Å². The number of amides is 2. The molecule has 0 aliphatic heterocycles. The number of hydrogen-bond donors (Lipinski definition) is 3. The highest BCUT2D eigenvalue weighted by molar-refractivity contribution is 6.33. The van der Waals surface area contributed by atoms with Gasteiger partial charge in [0.05, 0.1) is 17.1 Å². The lowest BCUT2D eigenvalue weighted by atomic mass is 10.2. The fourth-order valence-corrected chi connectivity index (χ4v) is 1.78. The Morgan fingerprint density at radius 2 is 2.21 bits per heavy atom. The van der Waals surface area contributed by atoms with Crippen LogP contribution in [0, 0.1) is 0 Å². The van der Waals surface area contributed by atoms with Crippen LogP contribution in [0.5, 0.6) is 0 Å². The highest BCUT2D eigenvalue weighted by atomic mass is 35.5. The van der Waals surface area contributed by atoms with Gasteiger partial charge < -0.3 is 16.0 Å². The lowest BCUT2D eigenvalue weighted by Gasteiger charge is -2.07. The molecule has 1 saturated carbocycles. The van der Waals surface area contributed by atoms with E-state index in [4.69, 9.17) is 11.6 Å². The van der Waals surface area contributed by atoms with Gasteiger partial charge in [0.1, 0.15) is 5.82 Å². The second-order valence-electron chi connectivity index (χ2n) is 4.33. The van der Waals surface area contributed by atoms with E-state index >= 15 is 0 Å². The van der Waals surface area contributed by atoms with E-state index in [0.717, 1.165) is 12.8 Å². The Morgan fingerprint density at radius 3 is 2.79 bits per heavy atom. The predicted octanol–water partition coefficient (Wildman–Crippen LogP) is 0.785.